The minimum Gasteiger partial charge on any atom is -0.497 e. The van der Waals surface area contributed by atoms with Crippen LogP contribution in [0.3, 0.4) is 0 Å². The standard InChI is InChI=1S/C18H15ClN2O4/c1-24-10-6-7-15(25-2)14(8-10)21-18(23)12-9-20-16-11(17(12)22)4-3-5-13(16)19/h3-9H,1-2H3,(H,20,22)(H,21,23). The highest BCUT2D eigenvalue weighted by Crippen LogP contribution is 2.29. The van der Waals surface area contributed by atoms with Crippen molar-refractivity contribution < 1.29 is 14.3 Å². The Kier molecular flexibility index (Phi) is 4.63. The van der Waals surface area contributed by atoms with E-state index in [4.69, 9.17) is 21.1 Å². The molecule has 0 aliphatic rings. The molecular formula is C18H15ClN2O4. The van der Waals surface area contributed by atoms with Crippen LogP contribution in [-0.4, -0.2) is 25.1 Å². The molecule has 128 valence electrons. The molecular weight excluding hydrogens is 344 g/mol. The molecule has 0 bridgehead atoms. The average Bonchev–Trinajstić information content (AvgIpc) is 2.62. The van der Waals surface area contributed by atoms with Crippen LogP contribution in [0.5, 0.6) is 11.5 Å². The summed E-state index contributed by atoms with van der Waals surface area (Å²) in [6.07, 6.45) is 1.35. The van der Waals surface area contributed by atoms with E-state index in [1.54, 1.807) is 36.4 Å². The summed E-state index contributed by atoms with van der Waals surface area (Å²) in [6, 6.07) is 9.93. The number of para-hydroxylation sites is 1. The van der Waals surface area contributed by atoms with Gasteiger partial charge < -0.3 is 19.8 Å². The lowest BCUT2D eigenvalue weighted by Gasteiger charge is -2.12. The minimum absolute atomic E-state index is 0.0281. The normalized spacial score (nSPS) is 10.5. The summed E-state index contributed by atoms with van der Waals surface area (Å²) in [5.41, 5.74) is 0.456. The van der Waals surface area contributed by atoms with Crippen LogP contribution in [0.4, 0.5) is 5.69 Å². The largest absolute Gasteiger partial charge is 0.497 e. The molecule has 1 aromatic heterocycles. The lowest BCUT2D eigenvalue weighted by molar-refractivity contribution is 0.102. The lowest BCUT2D eigenvalue weighted by atomic mass is 10.1. The molecule has 0 fully saturated rings. The summed E-state index contributed by atoms with van der Waals surface area (Å²) < 4.78 is 10.4. The van der Waals surface area contributed by atoms with E-state index in [1.165, 1.54) is 20.4 Å². The first kappa shape index (κ1) is 16.9. The van der Waals surface area contributed by atoms with Crippen molar-refractivity contribution in [1.29, 1.82) is 0 Å². The van der Waals surface area contributed by atoms with E-state index < -0.39 is 11.3 Å². The third-order valence-corrected chi connectivity index (χ3v) is 4.08. The Labute approximate surface area is 148 Å². The van der Waals surface area contributed by atoms with E-state index in [9.17, 15) is 9.59 Å². The quantitative estimate of drug-likeness (QED) is 0.748. The summed E-state index contributed by atoms with van der Waals surface area (Å²) in [6.45, 7) is 0. The van der Waals surface area contributed by atoms with Crippen LogP contribution >= 0.6 is 11.6 Å². The molecule has 3 aromatic rings. The number of benzene rings is 2. The van der Waals surface area contributed by atoms with Gasteiger partial charge in [-0.1, -0.05) is 17.7 Å². The number of H-pyrrole nitrogens is 1. The molecule has 0 aliphatic carbocycles. The highest BCUT2D eigenvalue weighted by atomic mass is 35.5. The average molecular weight is 359 g/mol. The molecule has 2 aromatic carbocycles. The van der Waals surface area contributed by atoms with Gasteiger partial charge >= 0.3 is 0 Å². The van der Waals surface area contributed by atoms with Crippen molar-refractivity contribution in [3.63, 3.8) is 0 Å². The van der Waals surface area contributed by atoms with Gasteiger partial charge in [0.25, 0.3) is 5.91 Å². The zero-order valence-electron chi connectivity index (χ0n) is 13.6. The number of halogens is 1. The maximum atomic E-state index is 12.6. The predicted octanol–water partition coefficient (Wildman–Crippen LogP) is 3.45. The zero-order chi connectivity index (χ0) is 18.0. The van der Waals surface area contributed by atoms with Gasteiger partial charge in [-0.05, 0) is 24.3 Å². The number of ether oxygens (including phenoxy) is 2. The smallest absolute Gasteiger partial charge is 0.261 e. The van der Waals surface area contributed by atoms with Crippen LogP contribution < -0.4 is 20.2 Å². The number of aromatic nitrogens is 1. The molecule has 25 heavy (non-hydrogen) atoms. The summed E-state index contributed by atoms with van der Waals surface area (Å²) in [5, 5.41) is 3.43. The molecule has 0 spiro atoms. The number of carbonyl (C=O) groups is 1. The monoisotopic (exact) mass is 358 g/mol. The van der Waals surface area contributed by atoms with E-state index in [0.717, 1.165) is 0 Å². The van der Waals surface area contributed by atoms with Crippen LogP contribution in [0.1, 0.15) is 10.4 Å². The van der Waals surface area contributed by atoms with Gasteiger partial charge in [-0.3, -0.25) is 9.59 Å². The van der Waals surface area contributed by atoms with Gasteiger partial charge in [0.2, 0.25) is 5.43 Å². The Morgan fingerprint density at radius 2 is 1.96 bits per heavy atom. The fourth-order valence-electron chi connectivity index (χ4n) is 2.49. The van der Waals surface area contributed by atoms with Crippen molar-refractivity contribution in [3.05, 3.63) is 63.4 Å². The molecule has 1 heterocycles. The maximum absolute atomic E-state index is 12.6. The third kappa shape index (κ3) is 3.16. The van der Waals surface area contributed by atoms with Gasteiger partial charge in [0.05, 0.1) is 30.4 Å². The molecule has 0 atom stereocenters. The molecule has 7 heteroatoms. The number of pyridine rings is 1. The predicted molar refractivity (Wildman–Crippen MR) is 97.1 cm³/mol. The molecule has 2 N–H and O–H groups in total. The van der Waals surface area contributed by atoms with Crippen molar-refractivity contribution >= 4 is 34.1 Å². The van der Waals surface area contributed by atoms with Crippen LogP contribution in [-0.2, 0) is 0 Å². The van der Waals surface area contributed by atoms with Gasteiger partial charge in [-0.25, -0.2) is 0 Å². The van der Waals surface area contributed by atoms with E-state index in [0.29, 0.717) is 33.1 Å². The minimum atomic E-state index is -0.560. The second-order valence-corrected chi connectivity index (χ2v) is 5.62. The SMILES string of the molecule is COc1ccc(OC)c(NC(=O)c2c[nH]c3c(Cl)cccc3c2=O)c1. The molecule has 0 saturated heterocycles. The van der Waals surface area contributed by atoms with Crippen molar-refractivity contribution in [2.24, 2.45) is 0 Å². The van der Waals surface area contributed by atoms with Crippen LogP contribution in [0, 0.1) is 0 Å². The first-order valence-corrected chi connectivity index (χ1v) is 7.76. The Morgan fingerprint density at radius 3 is 2.68 bits per heavy atom. The Morgan fingerprint density at radius 1 is 1.16 bits per heavy atom. The maximum Gasteiger partial charge on any atom is 0.261 e. The van der Waals surface area contributed by atoms with Gasteiger partial charge in [0.1, 0.15) is 17.1 Å². The third-order valence-electron chi connectivity index (χ3n) is 3.76. The highest BCUT2D eigenvalue weighted by molar-refractivity contribution is 6.35. The lowest BCUT2D eigenvalue weighted by Crippen LogP contribution is -2.22. The van der Waals surface area contributed by atoms with E-state index in [1.807, 2.05) is 0 Å². The number of hydrogen-bond donors (Lipinski definition) is 2. The highest BCUT2D eigenvalue weighted by Gasteiger charge is 2.16. The van der Waals surface area contributed by atoms with Crippen LogP contribution in [0.15, 0.2) is 47.4 Å². The second kappa shape index (κ2) is 6.86. The number of hydrogen-bond acceptors (Lipinski definition) is 4. The van der Waals surface area contributed by atoms with Crippen molar-refractivity contribution in [2.45, 2.75) is 0 Å². The number of carbonyl (C=O) groups excluding carboxylic acids is 1. The van der Waals surface area contributed by atoms with E-state index in [-0.39, 0.29) is 5.56 Å². The Bertz CT molecular complexity index is 1010. The summed E-state index contributed by atoms with van der Waals surface area (Å²) >= 11 is 6.06. The fourth-order valence-corrected chi connectivity index (χ4v) is 2.71. The molecule has 0 unspecified atom stereocenters. The molecule has 6 nitrogen and oxygen atoms in total. The van der Waals surface area contributed by atoms with Gasteiger partial charge in [-0.15, -0.1) is 0 Å². The molecule has 0 aliphatic heterocycles. The Hall–Kier alpha value is -2.99. The van der Waals surface area contributed by atoms with Gasteiger partial charge in [0, 0.05) is 17.6 Å². The van der Waals surface area contributed by atoms with Gasteiger partial charge in [-0.2, -0.15) is 0 Å². The van der Waals surface area contributed by atoms with Crippen LogP contribution in [0.2, 0.25) is 5.02 Å². The zero-order valence-corrected chi connectivity index (χ0v) is 14.3. The molecule has 0 saturated carbocycles. The first-order valence-electron chi connectivity index (χ1n) is 7.38. The number of rotatable bonds is 4. The van der Waals surface area contributed by atoms with Crippen molar-refractivity contribution in [1.82, 2.24) is 4.98 Å². The summed E-state index contributed by atoms with van der Waals surface area (Å²) in [7, 11) is 3.01. The first-order chi connectivity index (χ1) is 12.0. The fraction of sp³-hybridized carbons (Fsp3) is 0.111. The number of aromatic amines is 1. The molecule has 1 amide bonds. The summed E-state index contributed by atoms with van der Waals surface area (Å²) in [4.78, 5) is 28.1. The van der Waals surface area contributed by atoms with E-state index >= 15 is 0 Å². The van der Waals surface area contributed by atoms with E-state index in [2.05, 4.69) is 10.3 Å². The van der Waals surface area contributed by atoms with Crippen LogP contribution in [0.25, 0.3) is 10.9 Å². The number of methoxy groups -OCH3 is 2. The molecule has 0 radical (unpaired) electrons. The number of anilines is 1. The van der Waals surface area contributed by atoms with Crippen molar-refractivity contribution in [3.8, 4) is 11.5 Å². The van der Waals surface area contributed by atoms with Crippen molar-refractivity contribution in [2.75, 3.05) is 19.5 Å². The summed E-state index contributed by atoms with van der Waals surface area (Å²) in [5.74, 6) is 0.444. The van der Waals surface area contributed by atoms with Gasteiger partial charge in [0.15, 0.2) is 0 Å². The number of fused-ring (bicyclic) bond motifs is 1. The topological polar surface area (TPSA) is 80.4 Å². The molecule has 3 rings (SSSR count). The number of amides is 1. The Balaban J connectivity index is 2.01. The second-order valence-electron chi connectivity index (χ2n) is 5.21. The number of nitrogens with one attached hydrogen (secondary N) is 2.